The monoisotopic (exact) mass is 234 g/mol. The van der Waals surface area contributed by atoms with Crippen molar-refractivity contribution in [1.29, 1.82) is 0 Å². The number of allylic oxidation sites excluding steroid dienone is 4. The lowest BCUT2D eigenvalue weighted by atomic mass is 10.0. The molecule has 1 aliphatic rings. The first kappa shape index (κ1) is 14.5. The Labute approximate surface area is 108 Å². The molecule has 0 heterocycles. The quantitative estimate of drug-likeness (QED) is 0.439. The summed E-state index contributed by atoms with van der Waals surface area (Å²) < 4.78 is 0. The van der Waals surface area contributed by atoms with Crippen molar-refractivity contribution >= 4 is 0 Å². The minimum absolute atomic E-state index is 1.17. The maximum Gasteiger partial charge on any atom is -0.0142 e. The van der Waals surface area contributed by atoms with Crippen molar-refractivity contribution < 1.29 is 0 Å². The highest BCUT2D eigenvalue weighted by Gasteiger charge is 1.93. The minimum atomic E-state index is 1.17. The zero-order valence-corrected chi connectivity index (χ0v) is 11.7. The average Bonchev–Trinajstić information content (AvgIpc) is 2.32. The van der Waals surface area contributed by atoms with Gasteiger partial charge in [0.05, 0.1) is 0 Å². The lowest BCUT2D eigenvalue weighted by Crippen LogP contribution is -1.83. The van der Waals surface area contributed by atoms with Gasteiger partial charge in [-0.2, -0.15) is 0 Å². The average molecular weight is 234 g/mol. The van der Waals surface area contributed by atoms with Gasteiger partial charge in [-0.1, -0.05) is 68.7 Å². The van der Waals surface area contributed by atoms with Crippen LogP contribution in [0.15, 0.2) is 23.8 Å². The predicted molar refractivity (Wildman–Crippen MR) is 78.3 cm³/mol. The van der Waals surface area contributed by atoms with Gasteiger partial charge in [0.1, 0.15) is 0 Å². The summed E-state index contributed by atoms with van der Waals surface area (Å²) in [7, 11) is 0. The van der Waals surface area contributed by atoms with Gasteiger partial charge in [0.2, 0.25) is 0 Å². The van der Waals surface area contributed by atoms with Crippen LogP contribution in [0, 0.1) is 0 Å². The van der Waals surface area contributed by atoms with E-state index in [0.29, 0.717) is 0 Å². The number of hydrogen-bond donors (Lipinski definition) is 0. The zero-order valence-electron chi connectivity index (χ0n) is 11.7. The lowest BCUT2D eigenvalue weighted by molar-refractivity contribution is 0.561. The first-order valence-corrected chi connectivity index (χ1v) is 7.70. The molecule has 17 heavy (non-hydrogen) atoms. The van der Waals surface area contributed by atoms with Crippen molar-refractivity contribution in [2.75, 3.05) is 0 Å². The first-order chi connectivity index (χ1) is 8.39. The van der Waals surface area contributed by atoms with Crippen LogP contribution in [0.5, 0.6) is 0 Å². The zero-order chi connectivity index (χ0) is 12.2. The van der Waals surface area contributed by atoms with Crippen LogP contribution >= 0.6 is 0 Å². The minimum Gasteiger partial charge on any atom is -0.0882 e. The molecule has 0 spiro atoms. The molecule has 0 heteroatoms. The molecule has 0 N–H and O–H groups in total. The molecule has 0 saturated carbocycles. The van der Waals surface area contributed by atoms with Gasteiger partial charge in [-0.25, -0.2) is 0 Å². The van der Waals surface area contributed by atoms with E-state index >= 15 is 0 Å². The van der Waals surface area contributed by atoms with E-state index < -0.39 is 0 Å². The van der Waals surface area contributed by atoms with Crippen LogP contribution in [-0.2, 0) is 0 Å². The van der Waals surface area contributed by atoms with Crippen molar-refractivity contribution in [3.63, 3.8) is 0 Å². The van der Waals surface area contributed by atoms with E-state index in [2.05, 4.69) is 25.2 Å². The Hall–Kier alpha value is -0.520. The van der Waals surface area contributed by atoms with E-state index in [1.54, 1.807) is 5.57 Å². The second-order valence-corrected chi connectivity index (χ2v) is 5.49. The molecule has 0 aliphatic heterocycles. The fraction of sp³-hybridized carbons (Fsp3) is 0.765. The molecule has 0 amide bonds. The van der Waals surface area contributed by atoms with Crippen molar-refractivity contribution in [1.82, 2.24) is 0 Å². The van der Waals surface area contributed by atoms with Gasteiger partial charge in [0.25, 0.3) is 0 Å². The molecule has 1 aliphatic carbocycles. The van der Waals surface area contributed by atoms with E-state index in [1.165, 1.54) is 77.0 Å². The molecule has 0 aromatic carbocycles. The van der Waals surface area contributed by atoms with Crippen molar-refractivity contribution in [2.24, 2.45) is 0 Å². The fourth-order valence-electron chi connectivity index (χ4n) is 2.46. The van der Waals surface area contributed by atoms with Gasteiger partial charge in [-0.15, -0.1) is 0 Å². The highest BCUT2D eigenvalue weighted by atomic mass is 14.0. The normalized spacial score (nSPS) is 27.0. The third kappa shape index (κ3) is 9.21. The van der Waals surface area contributed by atoms with E-state index in [9.17, 15) is 0 Å². The SMILES string of the molecule is C/C1=C/CCCCCCCCCCC/C=C\C1. The molecular formula is C17H30. The van der Waals surface area contributed by atoms with Crippen molar-refractivity contribution in [2.45, 2.75) is 84.0 Å². The van der Waals surface area contributed by atoms with E-state index in [1.807, 2.05) is 0 Å². The van der Waals surface area contributed by atoms with Crippen LogP contribution < -0.4 is 0 Å². The van der Waals surface area contributed by atoms with Gasteiger partial charge < -0.3 is 0 Å². The van der Waals surface area contributed by atoms with Crippen molar-refractivity contribution in [3.05, 3.63) is 23.8 Å². The van der Waals surface area contributed by atoms with Gasteiger partial charge in [-0.3, -0.25) is 0 Å². The van der Waals surface area contributed by atoms with Crippen LogP contribution in [0.4, 0.5) is 0 Å². The van der Waals surface area contributed by atoms with Crippen LogP contribution in [0.1, 0.15) is 84.0 Å². The van der Waals surface area contributed by atoms with Gasteiger partial charge in [-0.05, 0) is 39.0 Å². The molecule has 0 nitrogen and oxygen atoms in total. The molecule has 0 aromatic rings. The Kier molecular flexibility index (Phi) is 9.09. The Bertz CT molecular complexity index is 222. The maximum absolute atomic E-state index is 2.44. The van der Waals surface area contributed by atoms with Gasteiger partial charge in [0.15, 0.2) is 0 Å². The predicted octanol–water partition coefficient (Wildman–Crippen LogP) is 6.18. The summed E-state index contributed by atoms with van der Waals surface area (Å²) in [5.74, 6) is 0. The Morgan fingerprint density at radius 2 is 1.18 bits per heavy atom. The van der Waals surface area contributed by atoms with Crippen LogP contribution in [-0.4, -0.2) is 0 Å². The Balaban J connectivity index is 2.25. The largest absolute Gasteiger partial charge is 0.0882 e. The molecule has 0 aromatic heterocycles. The second-order valence-electron chi connectivity index (χ2n) is 5.49. The highest BCUT2D eigenvalue weighted by molar-refractivity contribution is 5.04. The summed E-state index contributed by atoms with van der Waals surface area (Å²) in [5.41, 5.74) is 1.55. The van der Waals surface area contributed by atoms with Crippen LogP contribution in [0.25, 0.3) is 0 Å². The first-order valence-electron chi connectivity index (χ1n) is 7.70. The lowest BCUT2D eigenvalue weighted by Gasteiger charge is -2.03. The third-order valence-corrected chi connectivity index (χ3v) is 3.67. The molecule has 0 fully saturated rings. The highest BCUT2D eigenvalue weighted by Crippen LogP contribution is 2.13. The van der Waals surface area contributed by atoms with Crippen LogP contribution in [0.2, 0.25) is 0 Å². The number of hydrogen-bond acceptors (Lipinski definition) is 0. The molecule has 0 atom stereocenters. The smallest absolute Gasteiger partial charge is 0.0142 e. The molecule has 0 unspecified atom stereocenters. The van der Waals surface area contributed by atoms with E-state index in [-0.39, 0.29) is 0 Å². The fourth-order valence-corrected chi connectivity index (χ4v) is 2.46. The van der Waals surface area contributed by atoms with Crippen molar-refractivity contribution in [3.8, 4) is 0 Å². The summed E-state index contributed by atoms with van der Waals surface area (Å²) >= 11 is 0. The summed E-state index contributed by atoms with van der Waals surface area (Å²) in [5, 5.41) is 0. The second kappa shape index (κ2) is 10.6. The number of rotatable bonds is 0. The topological polar surface area (TPSA) is 0 Å². The standard InChI is InChI=1S/C17H30/c1-17-15-13-11-9-7-5-3-2-4-6-8-10-12-14-16-17/h11,13,16H,2-10,12,14-15H2,1H3/b13-11-,17-16-. The van der Waals surface area contributed by atoms with Gasteiger partial charge >= 0.3 is 0 Å². The molecular weight excluding hydrogens is 204 g/mol. The molecule has 0 bridgehead atoms. The summed E-state index contributed by atoms with van der Waals surface area (Å²) in [6.45, 7) is 2.27. The molecule has 98 valence electrons. The van der Waals surface area contributed by atoms with Crippen LogP contribution in [0.3, 0.4) is 0 Å². The summed E-state index contributed by atoms with van der Waals surface area (Å²) in [6, 6.07) is 0. The molecule has 0 radical (unpaired) electrons. The van der Waals surface area contributed by atoms with E-state index in [0.717, 1.165) is 0 Å². The molecule has 0 saturated heterocycles. The molecule has 1 rings (SSSR count). The third-order valence-electron chi connectivity index (χ3n) is 3.67. The summed E-state index contributed by atoms with van der Waals surface area (Å²) in [6.07, 6.45) is 23.8. The Morgan fingerprint density at radius 1 is 0.647 bits per heavy atom. The van der Waals surface area contributed by atoms with Gasteiger partial charge in [0, 0.05) is 0 Å². The van der Waals surface area contributed by atoms with E-state index in [4.69, 9.17) is 0 Å². The Morgan fingerprint density at radius 3 is 1.82 bits per heavy atom. The summed E-state index contributed by atoms with van der Waals surface area (Å²) in [4.78, 5) is 0. The maximum atomic E-state index is 2.44.